The Kier molecular flexibility index (Phi) is 4.54. The molecule has 2 aromatic rings. The van der Waals surface area contributed by atoms with E-state index in [-0.39, 0.29) is 0 Å². The van der Waals surface area contributed by atoms with Gasteiger partial charge in [0.15, 0.2) is 0 Å². The predicted octanol–water partition coefficient (Wildman–Crippen LogP) is 2.98. The number of anilines is 3. The lowest BCUT2D eigenvalue weighted by Gasteiger charge is -2.13. The molecule has 0 aliphatic carbocycles. The lowest BCUT2D eigenvalue weighted by molar-refractivity contribution is 0.932. The van der Waals surface area contributed by atoms with Crippen LogP contribution in [0, 0.1) is 10.5 Å². The van der Waals surface area contributed by atoms with Crippen LogP contribution < -0.4 is 16.6 Å². The van der Waals surface area contributed by atoms with Crippen LogP contribution in [0.15, 0.2) is 24.3 Å². The number of hydrogen-bond acceptors (Lipinski definition) is 5. The average Bonchev–Trinajstić information content (AvgIpc) is 2.41. The Bertz CT molecular complexity index is 585. The zero-order chi connectivity index (χ0) is 13.8. The van der Waals surface area contributed by atoms with E-state index in [4.69, 9.17) is 5.84 Å². The first-order valence-corrected chi connectivity index (χ1v) is 7.08. The molecule has 1 aromatic heterocycles. The number of nitrogens with zero attached hydrogens (tertiary/aromatic N) is 2. The van der Waals surface area contributed by atoms with Gasteiger partial charge in [-0.25, -0.2) is 15.8 Å². The zero-order valence-electron chi connectivity index (χ0n) is 10.9. The Labute approximate surface area is 126 Å². The largest absolute Gasteiger partial charge is 0.340 e. The first-order valence-electron chi connectivity index (χ1n) is 6.00. The van der Waals surface area contributed by atoms with Crippen LogP contribution in [-0.2, 0) is 6.42 Å². The van der Waals surface area contributed by atoms with Crippen molar-refractivity contribution in [2.45, 2.75) is 20.3 Å². The van der Waals surface area contributed by atoms with Crippen molar-refractivity contribution in [1.82, 2.24) is 9.97 Å². The van der Waals surface area contributed by atoms with E-state index < -0.39 is 0 Å². The van der Waals surface area contributed by atoms with Crippen LogP contribution >= 0.6 is 22.6 Å². The second-order valence-electron chi connectivity index (χ2n) is 4.10. The van der Waals surface area contributed by atoms with Crippen LogP contribution in [0.2, 0.25) is 0 Å². The van der Waals surface area contributed by atoms with Gasteiger partial charge in [-0.15, -0.1) is 0 Å². The van der Waals surface area contributed by atoms with Crippen molar-refractivity contribution in [2.24, 2.45) is 5.84 Å². The van der Waals surface area contributed by atoms with E-state index in [0.717, 1.165) is 29.3 Å². The molecule has 0 aliphatic rings. The average molecular weight is 369 g/mol. The van der Waals surface area contributed by atoms with E-state index in [9.17, 15) is 0 Å². The van der Waals surface area contributed by atoms with Gasteiger partial charge in [0, 0.05) is 21.2 Å². The Hall–Kier alpha value is -1.41. The summed E-state index contributed by atoms with van der Waals surface area (Å²) in [5, 5.41) is 3.31. The smallest absolute Gasteiger partial charge is 0.148 e. The summed E-state index contributed by atoms with van der Waals surface area (Å²) in [6.07, 6.45) is 0.760. The van der Waals surface area contributed by atoms with Crippen LogP contribution in [-0.4, -0.2) is 9.97 Å². The maximum Gasteiger partial charge on any atom is 0.148 e. The minimum absolute atomic E-state index is 0.653. The van der Waals surface area contributed by atoms with Crippen molar-refractivity contribution in [3.63, 3.8) is 0 Å². The van der Waals surface area contributed by atoms with Gasteiger partial charge in [0.2, 0.25) is 0 Å². The SMILES string of the molecule is CCc1nc(NN)c(C)c(Nc2cccc(I)c2)n1. The topological polar surface area (TPSA) is 75.9 Å². The Balaban J connectivity index is 2.38. The van der Waals surface area contributed by atoms with Gasteiger partial charge in [0.25, 0.3) is 0 Å². The van der Waals surface area contributed by atoms with Gasteiger partial charge in [0.1, 0.15) is 17.5 Å². The maximum absolute atomic E-state index is 5.49. The summed E-state index contributed by atoms with van der Waals surface area (Å²) in [4.78, 5) is 8.84. The number of hydrogen-bond donors (Lipinski definition) is 3. The van der Waals surface area contributed by atoms with Crippen molar-refractivity contribution in [3.05, 3.63) is 39.2 Å². The lowest BCUT2D eigenvalue weighted by atomic mass is 10.2. The molecule has 1 aromatic carbocycles. The fraction of sp³-hybridized carbons (Fsp3) is 0.231. The van der Waals surface area contributed by atoms with Crippen LogP contribution in [0.3, 0.4) is 0 Å². The minimum Gasteiger partial charge on any atom is -0.340 e. The van der Waals surface area contributed by atoms with Crippen molar-refractivity contribution in [2.75, 3.05) is 10.7 Å². The van der Waals surface area contributed by atoms with Crippen LogP contribution in [0.4, 0.5) is 17.3 Å². The van der Waals surface area contributed by atoms with E-state index in [0.29, 0.717) is 5.82 Å². The van der Waals surface area contributed by atoms with Gasteiger partial charge in [-0.3, -0.25) is 0 Å². The molecule has 0 fully saturated rings. The summed E-state index contributed by atoms with van der Waals surface area (Å²) in [5.74, 6) is 7.68. The lowest BCUT2D eigenvalue weighted by Crippen LogP contribution is -2.13. The molecule has 0 spiro atoms. The summed E-state index contributed by atoms with van der Waals surface area (Å²) in [6, 6.07) is 8.11. The zero-order valence-corrected chi connectivity index (χ0v) is 13.0. The molecule has 1 heterocycles. The molecular formula is C13H16IN5. The first-order chi connectivity index (χ1) is 9.13. The standard InChI is InChI=1S/C13H16IN5/c1-3-11-17-12(8(2)13(18-11)19-15)16-10-6-4-5-9(14)7-10/h4-7H,3,15H2,1-2H3,(H2,16,17,18,19). The number of benzene rings is 1. The number of aryl methyl sites for hydroxylation is 1. The van der Waals surface area contributed by atoms with Crippen molar-refractivity contribution >= 4 is 39.9 Å². The maximum atomic E-state index is 5.49. The second-order valence-corrected chi connectivity index (χ2v) is 5.34. The summed E-state index contributed by atoms with van der Waals surface area (Å²) in [6.45, 7) is 3.95. The molecule has 0 atom stereocenters. The van der Waals surface area contributed by atoms with E-state index in [2.05, 4.69) is 49.4 Å². The van der Waals surface area contributed by atoms with Gasteiger partial charge in [-0.2, -0.15) is 0 Å². The summed E-state index contributed by atoms with van der Waals surface area (Å²) < 4.78 is 1.17. The van der Waals surface area contributed by atoms with E-state index in [1.54, 1.807) is 0 Å². The normalized spacial score (nSPS) is 10.3. The molecule has 19 heavy (non-hydrogen) atoms. The minimum atomic E-state index is 0.653. The number of nitrogens with one attached hydrogen (secondary N) is 2. The molecule has 4 N–H and O–H groups in total. The molecule has 0 saturated carbocycles. The molecule has 6 heteroatoms. The van der Waals surface area contributed by atoms with Crippen molar-refractivity contribution in [1.29, 1.82) is 0 Å². The van der Waals surface area contributed by atoms with E-state index >= 15 is 0 Å². The summed E-state index contributed by atoms with van der Waals surface area (Å²) in [7, 11) is 0. The van der Waals surface area contributed by atoms with Crippen LogP contribution in [0.25, 0.3) is 0 Å². The number of rotatable bonds is 4. The molecule has 0 amide bonds. The molecule has 0 saturated heterocycles. The number of nitrogen functional groups attached to an aromatic ring is 1. The van der Waals surface area contributed by atoms with E-state index in [1.165, 1.54) is 3.57 Å². The molecule has 0 bridgehead atoms. The molecule has 2 rings (SSSR count). The summed E-state index contributed by atoms with van der Waals surface area (Å²) in [5.41, 5.74) is 4.52. The molecule has 5 nitrogen and oxygen atoms in total. The molecule has 0 radical (unpaired) electrons. The Morgan fingerprint density at radius 1 is 1.26 bits per heavy atom. The van der Waals surface area contributed by atoms with Crippen molar-refractivity contribution in [3.8, 4) is 0 Å². The second kappa shape index (κ2) is 6.16. The highest BCUT2D eigenvalue weighted by Gasteiger charge is 2.09. The number of nitrogens with two attached hydrogens (primary N) is 1. The van der Waals surface area contributed by atoms with Crippen LogP contribution in [0.5, 0.6) is 0 Å². The van der Waals surface area contributed by atoms with Crippen molar-refractivity contribution < 1.29 is 0 Å². The monoisotopic (exact) mass is 369 g/mol. The highest BCUT2D eigenvalue weighted by molar-refractivity contribution is 14.1. The van der Waals surface area contributed by atoms with Gasteiger partial charge >= 0.3 is 0 Å². The van der Waals surface area contributed by atoms with Gasteiger partial charge in [-0.1, -0.05) is 13.0 Å². The third-order valence-corrected chi connectivity index (χ3v) is 3.40. The Morgan fingerprint density at radius 2 is 2.00 bits per heavy atom. The fourth-order valence-electron chi connectivity index (χ4n) is 1.69. The quantitative estimate of drug-likeness (QED) is 0.439. The molecule has 100 valence electrons. The predicted molar refractivity (Wildman–Crippen MR) is 86.4 cm³/mol. The summed E-state index contributed by atoms with van der Waals surface area (Å²) >= 11 is 2.28. The third-order valence-electron chi connectivity index (χ3n) is 2.73. The van der Waals surface area contributed by atoms with Crippen LogP contribution in [0.1, 0.15) is 18.3 Å². The third kappa shape index (κ3) is 3.32. The van der Waals surface area contributed by atoms with Gasteiger partial charge in [-0.05, 0) is 47.7 Å². The van der Waals surface area contributed by atoms with E-state index in [1.807, 2.05) is 32.0 Å². The fourth-order valence-corrected chi connectivity index (χ4v) is 2.23. The highest BCUT2D eigenvalue weighted by Crippen LogP contribution is 2.24. The van der Waals surface area contributed by atoms with Gasteiger partial charge < -0.3 is 10.7 Å². The number of halogens is 1. The molecule has 0 unspecified atom stereocenters. The molecule has 0 aliphatic heterocycles. The Morgan fingerprint density at radius 3 is 2.63 bits per heavy atom. The first kappa shape index (κ1) is 14.0. The highest BCUT2D eigenvalue weighted by atomic mass is 127. The number of hydrazine groups is 1. The van der Waals surface area contributed by atoms with Gasteiger partial charge in [0.05, 0.1) is 0 Å². The number of aromatic nitrogens is 2. The molecular weight excluding hydrogens is 353 g/mol.